The number of hydrogen-bond acceptors (Lipinski definition) is 3. The number of carbonyl (C=O) groups excluding carboxylic acids is 1. The number of anilines is 1. The number of nitrogens with zero attached hydrogens (tertiary/aromatic N) is 1. The Bertz CT molecular complexity index is 338. The van der Waals surface area contributed by atoms with E-state index in [1.165, 1.54) is 0 Å². The Kier molecular flexibility index (Phi) is 5.63. The molecule has 4 heteroatoms. The van der Waals surface area contributed by atoms with Crippen LogP contribution in [0, 0.1) is 11.8 Å². The average Bonchev–Trinajstić information content (AvgIpc) is 2.28. The van der Waals surface area contributed by atoms with Crippen LogP contribution in [0.1, 0.15) is 26.7 Å². The smallest absolute Gasteiger partial charge is 0.224 e. The summed E-state index contributed by atoms with van der Waals surface area (Å²) in [7, 11) is 0. The molecule has 0 saturated carbocycles. The molecule has 1 heterocycles. The largest absolute Gasteiger partial charge is 0.330 e. The first-order chi connectivity index (χ1) is 8.11. The summed E-state index contributed by atoms with van der Waals surface area (Å²) >= 11 is 0. The molecule has 0 saturated heterocycles. The summed E-state index contributed by atoms with van der Waals surface area (Å²) < 4.78 is 0. The van der Waals surface area contributed by atoms with Crippen LogP contribution in [0.3, 0.4) is 0 Å². The Balaban J connectivity index is 2.43. The number of carbonyl (C=O) groups is 1. The molecule has 0 aliphatic rings. The number of nitrogens with two attached hydrogens (primary N) is 1. The third-order valence-corrected chi connectivity index (χ3v) is 2.56. The quantitative estimate of drug-likeness (QED) is 0.792. The van der Waals surface area contributed by atoms with E-state index >= 15 is 0 Å². The first-order valence-electron chi connectivity index (χ1n) is 6.01. The van der Waals surface area contributed by atoms with Gasteiger partial charge in [-0.15, -0.1) is 0 Å². The number of rotatable bonds is 6. The van der Waals surface area contributed by atoms with E-state index < -0.39 is 0 Å². The zero-order valence-corrected chi connectivity index (χ0v) is 10.5. The molecular weight excluding hydrogens is 214 g/mol. The second kappa shape index (κ2) is 7.01. The zero-order chi connectivity index (χ0) is 12.7. The predicted octanol–water partition coefficient (Wildman–Crippen LogP) is 2.03. The molecule has 1 amide bonds. The van der Waals surface area contributed by atoms with Crippen LogP contribution in [-0.4, -0.2) is 17.4 Å². The molecule has 94 valence electrons. The van der Waals surface area contributed by atoms with Crippen molar-refractivity contribution >= 4 is 11.6 Å². The molecule has 3 N–H and O–H groups in total. The maximum Gasteiger partial charge on any atom is 0.224 e. The van der Waals surface area contributed by atoms with Gasteiger partial charge in [0.1, 0.15) is 0 Å². The summed E-state index contributed by atoms with van der Waals surface area (Å²) in [5.74, 6) is 0.829. The topological polar surface area (TPSA) is 68.0 Å². The number of hydrogen-bond donors (Lipinski definition) is 2. The standard InChI is InChI=1S/C13H21N3O/c1-10(2)6-11(8-14)7-13(17)16-12-4-3-5-15-9-12/h3-5,9-11H,6-8,14H2,1-2H3,(H,16,17)/t11-/m0/s1. The fourth-order valence-corrected chi connectivity index (χ4v) is 1.84. The third kappa shape index (κ3) is 5.45. The van der Waals surface area contributed by atoms with E-state index in [0.29, 0.717) is 18.9 Å². The highest BCUT2D eigenvalue weighted by atomic mass is 16.1. The Labute approximate surface area is 103 Å². The number of nitrogens with one attached hydrogen (secondary N) is 1. The molecule has 1 rings (SSSR count). The fourth-order valence-electron chi connectivity index (χ4n) is 1.84. The van der Waals surface area contributed by atoms with E-state index in [1.807, 2.05) is 6.07 Å². The Morgan fingerprint density at radius 3 is 2.82 bits per heavy atom. The number of pyridine rings is 1. The Morgan fingerprint density at radius 2 is 2.29 bits per heavy atom. The molecule has 0 aliphatic heterocycles. The molecule has 0 unspecified atom stereocenters. The highest BCUT2D eigenvalue weighted by Crippen LogP contribution is 2.15. The Morgan fingerprint density at radius 1 is 1.53 bits per heavy atom. The molecule has 0 spiro atoms. The minimum Gasteiger partial charge on any atom is -0.330 e. The van der Waals surface area contributed by atoms with Gasteiger partial charge in [0.05, 0.1) is 11.9 Å². The molecule has 17 heavy (non-hydrogen) atoms. The predicted molar refractivity (Wildman–Crippen MR) is 69.5 cm³/mol. The van der Waals surface area contributed by atoms with Crippen molar-refractivity contribution in [3.8, 4) is 0 Å². The molecule has 4 nitrogen and oxygen atoms in total. The second-order valence-electron chi connectivity index (χ2n) is 4.73. The van der Waals surface area contributed by atoms with Gasteiger partial charge in [-0.2, -0.15) is 0 Å². The first-order valence-corrected chi connectivity index (χ1v) is 6.01. The van der Waals surface area contributed by atoms with E-state index in [1.54, 1.807) is 18.5 Å². The van der Waals surface area contributed by atoms with Gasteiger partial charge in [-0.3, -0.25) is 9.78 Å². The van der Waals surface area contributed by atoms with Gasteiger partial charge in [-0.25, -0.2) is 0 Å². The van der Waals surface area contributed by atoms with Gasteiger partial charge in [0.15, 0.2) is 0 Å². The second-order valence-corrected chi connectivity index (χ2v) is 4.73. The number of amides is 1. The van der Waals surface area contributed by atoms with Crippen LogP contribution in [0.4, 0.5) is 5.69 Å². The van der Waals surface area contributed by atoms with Crippen molar-refractivity contribution in [2.45, 2.75) is 26.7 Å². The molecular formula is C13H21N3O. The molecule has 0 aliphatic carbocycles. The van der Waals surface area contributed by atoms with Crippen molar-refractivity contribution in [2.24, 2.45) is 17.6 Å². The van der Waals surface area contributed by atoms with Crippen molar-refractivity contribution in [2.75, 3.05) is 11.9 Å². The van der Waals surface area contributed by atoms with Crippen LogP contribution >= 0.6 is 0 Å². The zero-order valence-electron chi connectivity index (χ0n) is 10.5. The van der Waals surface area contributed by atoms with Gasteiger partial charge in [0.2, 0.25) is 5.91 Å². The van der Waals surface area contributed by atoms with Crippen molar-refractivity contribution < 1.29 is 4.79 Å². The third-order valence-electron chi connectivity index (χ3n) is 2.56. The fraction of sp³-hybridized carbons (Fsp3) is 0.538. The van der Waals surface area contributed by atoms with E-state index in [0.717, 1.165) is 12.1 Å². The van der Waals surface area contributed by atoms with Crippen LogP contribution in [0.25, 0.3) is 0 Å². The lowest BCUT2D eigenvalue weighted by Gasteiger charge is -2.16. The SMILES string of the molecule is CC(C)C[C@H](CN)CC(=O)Nc1cccnc1. The lowest BCUT2D eigenvalue weighted by molar-refractivity contribution is -0.117. The molecule has 1 atom stereocenters. The lowest BCUT2D eigenvalue weighted by Crippen LogP contribution is -2.23. The monoisotopic (exact) mass is 235 g/mol. The van der Waals surface area contributed by atoms with E-state index in [2.05, 4.69) is 24.1 Å². The molecule has 0 aromatic carbocycles. The van der Waals surface area contributed by atoms with Gasteiger partial charge in [0, 0.05) is 12.6 Å². The Hall–Kier alpha value is -1.42. The van der Waals surface area contributed by atoms with Crippen molar-refractivity contribution in [3.63, 3.8) is 0 Å². The normalized spacial score (nSPS) is 12.5. The molecule has 0 fully saturated rings. The maximum atomic E-state index is 11.8. The summed E-state index contributed by atoms with van der Waals surface area (Å²) in [6.45, 7) is 4.84. The van der Waals surface area contributed by atoms with Crippen molar-refractivity contribution in [1.29, 1.82) is 0 Å². The summed E-state index contributed by atoms with van der Waals surface area (Å²) in [5, 5.41) is 2.82. The molecule has 0 radical (unpaired) electrons. The maximum absolute atomic E-state index is 11.8. The van der Waals surface area contributed by atoms with Gasteiger partial charge in [-0.1, -0.05) is 13.8 Å². The van der Waals surface area contributed by atoms with E-state index in [-0.39, 0.29) is 11.8 Å². The van der Waals surface area contributed by atoms with Crippen LogP contribution in [0.5, 0.6) is 0 Å². The summed E-state index contributed by atoms with van der Waals surface area (Å²) in [4.78, 5) is 15.7. The summed E-state index contributed by atoms with van der Waals surface area (Å²) in [5.41, 5.74) is 6.40. The molecule has 1 aromatic heterocycles. The summed E-state index contributed by atoms with van der Waals surface area (Å²) in [6, 6.07) is 3.62. The highest BCUT2D eigenvalue weighted by Gasteiger charge is 2.14. The average molecular weight is 235 g/mol. The van der Waals surface area contributed by atoms with Crippen molar-refractivity contribution in [1.82, 2.24) is 4.98 Å². The minimum atomic E-state index is 0.00843. The van der Waals surface area contributed by atoms with Gasteiger partial charge < -0.3 is 11.1 Å². The van der Waals surface area contributed by atoms with Gasteiger partial charge >= 0.3 is 0 Å². The molecule has 0 bridgehead atoms. The summed E-state index contributed by atoms with van der Waals surface area (Å²) in [6.07, 6.45) is 4.77. The van der Waals surface area contributed by atoms with Crippen LogP contribution in [0.2, 0.25) is 0 Å². The van der Waals surface area contributed by atoms with E-state index in [9.17, 15) is 4.79 Å². The van der Waals surface area contributed by atoms with Gasteiger partial charge in [0.25, 0.3) is 0 Å². The minimum absolute atomic E-state index is 0.00843. The number of aromatic nitrogens is 1. The van der Waals surface area contributed by atoms with Crippen molar-refractivity contribution in [3.05, 3.63) is 24.5 Å². The van der Waals surface area contributed by atoms with Crippen LogP contribution in [0.15, 0.2) is 24.5 Å². The first kappa shape index (κ1) is 13.6. The molecule has 1 aromatic rings. The van der Waals surface area contributed by atoms with Crippen LogP contribution < -0.4 is 11.1 Å². The highest BCUT2D eigenvalue weighted by molar-refractivity contribution is 5.90. The van der Waals surface area contributed by atoms with Crippen LogP contribution in [-0.2, 0) is 4.79 Å². The van der Waals surface area contributed by atoms with E-state index in [4.69, 9.17) is 5.73 Å². The lowest BCUT2D eigenvalue weighted by atomic mass is 9.94. The van der Waals surface area contributed by atoms with Gasteiger partial charge in [-0.05, 0) is 36.9 Å².